The summed E-state index contributed by atoms with van der Waals surface area (Å²) in [5.41, 5.74) is 1.37. The van der Waals surface area contributed by atoms with E-state index in [1.807, 2.05) is 0 Å². The molecule has 0 atom stereocenters. The maximum absolute atomic E-state index is 5.80. The smallest absolute Gasteiger partial charge is 0.119 e. The van der Waals surface area contributed by atoms with Crippen LogP contribution in [0.4, 0.5) is 0 Å². The van der Waals surface area contributed by atoms with Gasteiger partial charge >= 0.3 is 0 Å². The van der Waals surface area contributed by atoms with Gasteiger partial charge in [0, 0.05) is 6.54 Å². The maximum atomic E-state index is 5.80. The summed E-state index contributed by atoms with van der Waals surface area (Å²) in [6.45, 7) is 9.53. The molecule has 0 saturated carbocycles. The Hall–Kier alpha value is -1.02. The molecule has 1 N–H and O–H groups in total. The Morgan fingerprint density at radius 3 is 1.62 bits per heavy atom. The monoisotopic (exact) mass is 403 g/mol. The summed E-state index contributed by atoms with van der Waals surface area (Å²) >= 11 is 0. The minimum absolute atomic E-state index is 0.579. The van der Waals surface area contributed by atoms with Crippen molar-refractivity contribution in [2.75, 3.05) is 19.7 Å². The highest BCUT2D eigenvalue weighted by Gasteiger charge is 1.99. The van der Waals surface area contributed by atoms with Gasteiger partial charge in [0.2, 0.25) is 0 Å². The van der Waals surface area contributed by atoms with Crippen LogP contribution >= 0.6 is 0 Å². The molecule has 1 aromatic carbocycles. The third kappa shape index (κ3) is 15.5. The molecule has 2 heteroatoms. The number of hydrogen-bond donors (Lipinski definition) is 1. The molecule has 0 saturated heterocycles. The van der Waals surface area contributed by atoms with Crippen LogP contribution in [-0.2, 0) is 0 Å². The fourth-order valence-electron chi connectivity index (χ4n) is 3.76. The molecule has 29 heavy (non-hydrogen) atoms. The first kappa shape index (κ1) is 26.0. The highest BCUT2D eigenvalue weighted by molar-refractivity contribution is 5.28. The van der Waals surface area contributed by atoms with Gasteiger partial charge in [0.25, 0.3) is 0 Å². The summed E-state index contributed by atoms with van der Waals surface area (Å²) in [4.78, 5) is 0. The zero-order chi connectivity index (χ0) is 21.0. The third-order valence-electron chi connectivity index (χ3n) is 5.80. The van der Waals surface area contributed by atoms with Gasteiger partial charge in [-0.2, -0.15) is 0 Å². The van der Waals surface area contributed by atoms with Crippen molar-refractivity contribution in [2.24, 2.45) is 0 Å². The number of nitrogens with one attached hydrogen (secondary N) is 1. The Kier molecular flexibility index (Phi) is 17.0. The van der Waals surface area contributed by atoms with Crippen LogP contribution in [-0.4, -0.2) is 19.7 Å². The van der Waals surface area contributed by atoms with Crippen LogP contribution in [0.1, 0.15) is 122 Å². The SMILES string of the molecule is CCCCCCCCCCCCCCCCNCCOc1ccc(C(C)C)cc1. The Morgan fingerprint density at radius 2 is 1.14 bits per heavy atom. The largest absolute Gasteiger partial charge is 0.492 e. The number of ether oxygens (including phenoxy) is 1. The molecule has 0 aromatic heterocycles. The van der Waals surface area contributed by atoms with E-state index >= 15 is 0 Å². The van der Waals surface area contributed by atoms with Crippen LogP contribution in [0.25, 0.3) is 0 Å². The van der Waals surface area contributed by atoms with Crippen LogP contribution in [0.15, 0.2) is 24.3 Å². The minimum Gasteiger partial charge on any atom is -0.492 e. The molecule has 1 aromatic rings. The molecule has 0 amide bonds. The van der Waals surface area contributed by atoms with E-state index in [4.69, 9.17) is 4.74 Å². The average molecular weight is 404 g/mol. The fraction of sp³-hybridized carbons (Fsp3) is 0.778. The second-order valence-electron chi connectivity index (χ2n) is 8.92. The normalized spacial score (nSPS) is 11.3. The molecule has 0 fully saturated rings. The molecule has 0 aliphatic carbocycles. The molecule has 0 radical (unpaired) electrons. The lowest BCUT2D eigenvalue weighted by Gasteiger charge is -2.09. The molecule has 0 heterocycles. The summed E-state index contributed by atoms with van der Waals surface area (Å²) in [5.74, 6) is 1.56. The molecule has 1 rings (SSSR count). The van der Waals surface area contributed by atoms with Gasteiger partial charge in [0.15, 0.2) is 0 Å². The van der Waals surface area contributed by atoms with Crippen molar-refractivity contribution in [3.63, 3.8) is 0 Å². The molecule has 2 nitrogen and oxygen atoms in total. The summed E-state index contributed by atoms with van der Waals surface area (Å²) in [5, 5.41) is 3.50. The van der Waals surface area contributed by atoms with Crippen LogP contribution in [0, 0.1) is 0 Å². The summed E-state index contributed by atoms with van der Waals surface area (Å²) in [6, 6.07) is 8.51. The molecule has 0 bridgehead atoms. The minimum atomic E-state index is 0.579. The van der Waals surface area contributed by atoms with Crippen molar-refractivity contribution in [1.82, 2.24) is 5.32 Å². The number of rotatable bonds is 20. The molecular formula is C27H49NO. The maximum Gasteiger partial charge on any atom is 0.119 e. The second kappa shape index (κ2) is 19.0. The molecule has 0 aliphatic rings. The zero-order valence-corrected chi connectivity index (χ0v) is 19.8. The van der Waals surface area contributed by atoms with E-state index in [9.17, 15) is 0 Å². The van der Waals surface area contributed by atoms with E-state index in [-0.39, 0.29) is 0 Å². The van der Waals surface area contributed by atoms with Crippen molar-refractivity contribution in [3.8, 4) is 5.75 Å². The topological polar surface area (TPSA) is 21.3 Å². The van der Waals surface area contributed by atoms with E-state index in [0.29, 0.717) is 5.92 Å². The first-order valence-corrected chi connectivity index (χ1v) is 12.7. The van der Waals surface area contributed by atoms with E-state index in [1.165, 1.54) is 95.5 Å². The van der Waals surface area contributed by atoms with Crippen molar-refractivity contribution < 1.29 is 4.74 Å². The Morgan fingerprint density at radius 1 is 0.655 bits per heavy atom. The van der Waals surface area contributed by atoms with Gasteiger partial charge in [-0.05, 0) is 36.6 Å². The average Bonchev–Trinajstić information content (AvgIpc) is 2.73. The van der Waals surface area contributed by atoms with Crippen molar-refractivity contribution in [3.05, 3.63) is 29.8 Å². The highest BCUT2D eigenvalue weighted by Crippen LogP contribution is 2.18. The van der Waals surface area contributed by atoms with Gasteiger partial charge in [-0.3, -0.25) is 0 Å². The summed E-state index contributed by atoms with van der Waals surface area (Å²) in [7, 11) is 0. The molecule has 168 valence electrons. The van der Waals surface area contributed by atoms with Gasteiger partial charge < -0.3 is 10.1 Å². The molecular weight excluding hydrogens is 354 g/mol. The molecule has 0 unspecified atom stereocenters. The van der Waals surface area contributed by atoms with Crippen molar-refractivity contribution >= 4 is 0 Å². The second-order valence-corrected chi connectivity index (χ2v) is 8.92. The summed E-state index contributed by atoms with van der Waals surface area (Å²) in [6.07, 6.45) is 19.9. The van der Waals surface area contributed by atoms with E-state index in [0.717, 1.165) is 25.4 Å². The fourth-order valence-corrected chi connectivity index (χ4v) is 3.76. The number of benzene rings is 1. The standard InChI is InChI=1S/C27H49NO/c1-4-5-6-7-8-9-10-11-12-13-14-15-16-17-22-28-23-24-29-27-20-18-26(19-21-27)25(2)3/h18-21,25,28H,4-17,22-24H2,1-3H3. The lowest BCUT2D eigenvalue weighted by atomic mass is 10.0. The van der Waals surface area contributed by atoms with Crippen LogP contribution in [0.3, 0.4) is 0 Å². The molecule has 0 spiro atoms. The van der Waals surface area contributed by atoms with Crippen LogP contribution in [0.5, 0.6) is 5.75 Å². The Bertz CT molecular complexity index is 454. The Labute approximate surface area is 182 Å². The highest BCUT2D eigenvalue weighted by atomic mass is 16.5. The predicted molar refractivity (Wildman–Crippen MR) is 129 cm³/mol. The van der Waals surface area contributed by atoms with Gasteiger partial charge in [0.1, 0.15) is 12.4 Å². The zero-order valence-electron chi connectivity index (χ0n) is 19.8. The van der Waals surface area contributed by atoms with Gasteiger partial charge in [-0.1, -0.05) is 116 Å². The van der Waals surface area contributed by atoms with Gasteiger partial charge in [0.05, 0.1) is 0 Å². The summed E-state index contributed by atoms with van der Waals surface area (Å²) < 4.78 is 5.80. The van der Waals surface area contributed by atoms with Crippen LogP contribution < -0.4 is 10.1 Å². The quantitative estimate of drug-likeness (QED) is 0.221. The molecule has 0 aliphatic heterocycles. The lowest BCUT2D eigenvalue weighted by Crippen LogP contribution is -2.22. The van der Waals surface area contributed by atoms with Crippen molar-refractivity contribution in [1.29, 1.82) is 0 Å². The van der Waals surface area contributed by atoms with Gasteiger partial charge in [-0.15, -0.1) is 0 Å². The van der Waals surface area contributed by atoms with E-state index in [1.54, 1.807) is 0 Å². The Balaban J connectivity index is 1.77. The lowest BCUT2D eigenvalue weighted by molar-refractivity contribution is 0.313. The van der Waals surface area contributed by atoms with E-state index < -0.39 is 0 Å². The number of unbranched alkanes of at least 4 members (excludes halogenated alkanes) is 13. The van der Waals surface area contributed by atoms with E-state index in [2.05, 4.69) is 50.4 Å². The van der Waals surface area contributed by atoms with Crippen molar-refractivity contribution in [2.45, 2.75) is 117 Å². The first-order valence-electron chi connectivity index (χ1n) is 12.7. The first-order chi connectivity index (χ1) is 14.2. The predicted octanol–water partition coefficient (Wildman–Crippen LogP) is 8.26. The van der Waals surface area contributed by atoms with Gasteiger partial charge in [-0.25, -0.2) is 0 Å². The third-order valence-corrected chi connectivity index (χ3v) is 5.80. The number of hydrogen-bond acceptors (Lipinski definition) is 2. The van der Waals surface area contributed by atoms with Crippen LogP contribution in [0.2, 0.25) is 0 Å².